The Morgan fingerprint density at radius 2 is 2.19 bits per heavy atom. The number of hydrogen-bond donors (Lipinski definition) is 1. The van der Waals surface area contributed by atoms with Crippen molar-refractivity contribution in [3.63, 3.8) is 0 Å². The van der Waals surface area contributed by atoms with Gasteiger partial charge in [-0.1, -0.05) is 0 Å². The van der Waals surface area contributed by atoms with Gasteiger partial charge in [0.15, 0.2) is 0 Å². The smallest absolute Gasteiger partial charge is 0.337 e. The van der Waals surface area contributed by atoms with E-state index < -0.39 is 5.97 Å². The molecular weight excluding hydrogens is 206 g/mol. The zero-order chi connectivity index (χ0) is 12.3. The summed E-state index contributed by atoms with van der Waals surface area (Å²) in [6.45, 7) is 9.05. The quantitative estimate of drug-likeness (QED) is 0.836. The molecular formula is C12H19NO3. The van der Waals surface area contributed by atoms with Crippen molar-refractivity contribution >= 4 is 5.97 Å². The van der Waals surface area contributed by atoms with E-state index in [1.165, 1.54) is 0 Å². The minimum Gasteiger partial charge on any atom is -0.478 e. The number of carboxylic acids is 1. The Morgan fingerprint density at radius 1 is 1.56 bits per heavy atom. The highest BCUT2D eigenvalue weighted by Gasteiger charge is 2.15. The number of aromatic nitrogens is 1. The fraction of sp³-hybridized carbons (Fsp3) is 0.583. The Balaban J connectivity index is 2.92. The summed E-state index contributed by atoms with van der Waals surface area (Å²) in [5, 5.41) is 9.00. The summed E-state index contributed by atoms with van der Waals surface area (Å²) in [7, 11) is 0. The van der Waals surface area contributed by atoms with E-state index in [4.69, 9.17) is 9.84 Å². The van der Waals surface area contributed by atoms with E-state index in [2.05, 4.69) is 0 Å². The normalized spacial score (nSPS) is 12.8. The van der Waals surface area contributed by atoms with Crippen molar-refractivity contribution < 1.29 is 14.6 Å². The highest BCUT2D eigenvalue weighted by molar-refractivity contribution is 5.89. The number of nitrogens with zero attached hydrogens (tertiary/aromatic N) is 1. The molecule has 1 atom stereocenters. The van der Waals surface area contributed by atoms with E-state index in [9.17, 15) is 4.79 Å². The molecule has 1 unspecified atom stereocenters. The molecule has 0 aliphatic rings. The first kappa shape index (κ1) is 12.8. The van der Waals surface area contributed by atoms with Crippen LogP contribution >= 0.6 is 0 Å². The lowest BCUT2D eigenvalue weighted by atomic mass is 10.2. The number of carbonyl (C=O) groups is 1. The Morgan fingerprint density at radius 3 is 2.62 bits per heavy atom. The maximum atomic E-state index is 11.0. The SMILES string of the molecule is CCOC(C)Cn1c(C)cc(C(=O)O)c1C. The monoisotopic (exact) mass is 225 g/mol. The summed E-state index contributed by atoms with van der Waals surface area (Å²) in [5.74, 6) is -0.872. The fourth-order valence-electron chi connectivity index (χ4n) is 1.89. The van der Waals surface area contributed by atoms with Crippen LogP contribution in [0, 0.1) is 13.8 Å². The maximum Gasteiger partial charge on any atom is 0.337 e. The van der Waals surface area contributed by atoms with E-state index in [-0.39, 0.29) is 6.10 Å². The molecule has 0 aliphatic carbocycles. The van der Waals surface area contributed by atoms with Crippen molar-refractivity contribution in [2.45, 2.75) is 40.3 Å². The predicted octanol–water partition coefficient (Wildman–Crippen LogP) is 2.23. The molecule has 4 heteroatoms. The Kier molecular flexibility index (Phi) is 4.12. The lowest BCUT2D eigenvalue weighted by Gasteiger charge is -2.15. The second-order valence-electron chi connectivity index (χ2n) is 3.97. The van der Waals surface area contributed by atoms with E-state index in [0.717, 1.165) is 11.4 Å². The largest absolute Gasteiger partial charge is 0.478 e. The maximum absolute atomic E-state index is 11.0. The molecule has 1 N–H and O–H groups in total. The van der Waals surface area contributed by atoms with Crippen molar-refractivity contribution in [2.24, 2.45) is 0 Å². The molecule has 0 bridgehead atoms. The summed E-state index contributed by atoms with van der Waals surface area (Å²) in [4.78, 5) is 11.0. The van der Waals surface area contributed by atoms with Crippen LogP contribution in [0.25, 0.3) is 0 Å². The number of ether oxygens (including phenoxy) is 1. The van der Waals surface area contributed by atoms with Gasteiger partial charge in [0.1, 0.15) is 0 Å². The third-order valence-electron chi connectivity index (χ3n) is 2.69. The van der Waals surface area contributed by atoms with Crippen molar-refractivity contribution in [3.8, 4) is 0 Å². The van der Waals surface area contributed by atoms with Gasteiger partial charge in [0, 0.05) is 24.5 Å². The third-order valence-corrected chi connectivity index (χ3v) is 2.69. The Hall–Kier alpha value is -1.29. The van der Waals surface area contributed by atoms with E-state index in [1.54, 1.807) is 6.07 Å². The third kappa shape index (κ3) is 2.64. The van der Waals surface area contributed by atoms with Gasteiger partial charge in [0.25, 0.3) is 0 Å². The standard InChI is InChI=1S/C12H19NO3/c1-5-16-9(3)7-13-8(2)6-11(10(13)4)12(14)15/h6,9H,5,7H2,1-4H3,(H,14,15). The number of aromatic carboxylic acids is 1. The van der Waals surface area contributed by atoms with E-state index in [0.29, 0.717) is 18.7 Å². The van der Waals surface area contributed by atoms with Gasteiger partial charge in [0.05, 0.1) is 11.7 Å². The Labute approximate surface area is 95.8 Å². The molecule has 0 saturated heterocycles. The molecule has 0 fully saturated rings. The predicted molar refractivity (Wildman–Crippen MR) is 62.0 cm³/mol. The first-order chi connectivity index (χ1) is 7.47. The highest BCUT2D eigenvalue weighted by Crippen LogP contribution is 2.16. The van der Waals surface area contributed by atoms with Crippen molar-refractivity contribution in [1.82, 2.24) is 4.57 Å². The molecule has 0 amide bonds. The number of rotatable bonds is 5. The highest BCUT2D eigenvalue weighted by atomic mass is 16.5. The van der Waals surface area contributed by atoms with Gasteiger partial charge in [-0.15, -0.1) is 0 Å². The van der Waals surface area contributed by atoms with Crippen LogP contribution in [0.15, 0.2) is 6.07 Å². The minimum absolute atomic E-state index is 0.0939. The second-order valence-corrected chi connectivity index (χ2v) is 3.97. The minimum atomic E-state index is -0.872. The molecule has 16 heavy (non-hydrogen) atoms. The van der Waals surface area contributed by atoms with Crippen LogP contribution in [0.1, 0.15) is 35.6 Å². The molecule has 1 heterocycles. The van der Waals surface area contributed by atoms with Gasteiger partial charge >= 0.3 is 5.97 Å². The molecule has 0 saturated carbocycles. The van der Waals surface area contributed by atoms with Crippen LogP contribution in [0.3, 0.4) is 0 Å². The molecule has 0 aliphatic heterocycles. The first-order valence-corrected chi connectivity index (χ1v) is 5.49. The summed E-state index contributed by atoms with van der Waals surface area (Å²) < 4.78 is 7.45. The van der Waals surface area contributed by atoms with Crippen LogP contribution < -0.4 is 0 Å². The second kappa shape index (κ2) is 5.16. The van der Waals surface area contributed by atoms with Crippen LogP contribution in [-0.2, 0) is 11.3 Å². The molecule has 4 nitrogen and oxygen atoms in total. The zero-order valence-corrected chi connectivity index (χ0v) is 10.3. The average molecular weight is 225 g/mol. The van der Waals surface area contributed by atoms with E-state index >= 15 is 0 Å². The lowest BCUT2D eigenvalue weighted by Crippen LogP contribution is -2.18. The molecule has 1 rings (SSSR count). The van der Waals surface area contributed by atoms with Crippen LogP contribution in [0.5, 0.6) is 0 Å². The van der Waals surface area contributed by atoms with Crippen LogP contribution in [0.4, 0.5) is 0 Å². The summed E-state index contributed by atoms with van der Waals surface area (Å²) >= 11 is 0. The number of aryl methyl sites for hydroxylation is 1. The van der Waals surface area contributed by atoms with Gasteiger partial charge in [-0.25, -0.2) is 4.79 Å². The summed E-state index contributed by atoms with van der Waals surface area (Å²) in [6.07, 6.45) is 0.0939. The van der Waals surface area contributed by atoms with E-state index in [1.807, 2.05) is 32.3 Å². The molecule has 0 radical (unpaired) electrons. The van der Waals surface area contributed by atoms with Gasteiger partial charge in [-0.3, -0.25) is 0 Å². The molecule has 1 aromatic rings. The molecule has 0 spiro atoms. The average Bonchev–Trinajstić information content (AvgIpc) is 2.46. The topological polar surface area (TPSA) is 51.5 Å². The van der Waals surface area contributed by atoms with Gasteiger partial charge < -0.3 is 14.4 Å². The lowest BCUT2D eigenvalue weighted by molar-refractivity contribution is 0.0627. The number of carboxylic acid groups (broad SMARTS) is 1. The van der Waals surface area contributed by atoms with Gasteiger partial charge in [-0.05, 0) is 33.8 Å². The zero-order valence-electron chi connectivity index (χ0n) is 10.3. The summed E-state index contributed by atoms with van der Waals surface area (Å²) in [6, 6.07) is 1.70. The van der Waals surface area contributed by atoms with Gasteiger partial charge in [0.2, 0.25) is 0 Å². The summed E-state index contributed by atoms with van der Waals surface area (Å²) in [5.41, 5.74) is 2.12. The van der Waals surface area contributed by atoms with Gasteiger partial charge in [-0.2, -0.15) is 0 Å². The number of hydrogen-bond acceptors (Lipinski definition) is 2. The molecule has 0 aromatic carbocycles. The van der Waals surface area contributed by atoms with Crippen LogP contribution in [0.2, 0.25) is 0 Å². The van der Waals surface area contributed by atoms with Crippen LogP contribution in [-0.4, -0.2) is 28.4 Å². The molecule has 90 valence electrons. The Bertz CT molecular complexity index is 382. The van der Waals surface area contributed by atoms with Crippen molar-refractivity contribution in [2.75, 3.05) is 6.61 Å². The molecule has 1 aromatic heterocycles. The van der Waals surface area contributed by atoms with Crippen molar-refractivity contribution in [3.05, 3.63) is 23.0 Å². The fourth-order valence-corrected chi connectivity index (χ4v) is 1.89. The first-order valence-electron chi connectivity index (χ1n) is 5.49. The van der Waals surface area contributed by atoms with Crippen molar-refractivity contribution in [1.29, 1.82) is 0 Å².